The molecule has 0 spiro atoms. The van der Waals surface area contributed by atoms with Crippen LogP contribution in [-0.2, 0) is 10.9 Å². The molecular formula is C35H25O3S2+. The average Bonchev–Trinajstić information content (AvgIpc) is 3.35. The number of carbonyl (C=O) groups excluding carboxylic acids is 3. The number of ketones is 3. The van der Waals surface area contributed by atoms with Gasteiger partial charge >= 0.3 is 0 Å². The van der Waals surface area contributed by atoms with Crippen LogP contribution in [-0.4, -0.2) is 17.3 Å². The Morgan fingerprint density at radius 1 is 0.500 bits per heavy atom. The van der Waals surface area contributed by atoms with Crippen LogP contribution < -0.4 is 0 Å². The number of fused-ring (bicyclic) bond motifs is 3. The molecular weight excluding hydrogens is 533 g/mol. The molecule has 3 nitrogen and oxygen atoms in total. The summed E-state index contributed by atoms with van der Waals surface area (Å²) in [6.07, 6.45) is 0. The third kappa shape index (κ3) is 4.90. The average molecular weight is 558 g/mol. The number of hydrogen-bond acceptors (Lipinski definition) is 4. The van der Waals surface area contributed by atoms with Crippen LogP contribution in [0.5, 0.6) is 0 Å². The van der Waals surface area contributed by atoms with Gasteiger partial charge in [0.2, 0.25) is 0 Å². The quantitative estimate of drug-likeness (QED) is 0.146. The van der Waals surface area contributed by atoms with E-state index >= 15 is 0 Å². The maximum absolute atomic E-state index is 13.2. The Morgan fingerprint density at radius 2 is 0.975 bits per heavy atom. The molecule has 0 bridgehead atoms. The Hall–Kier alpha value is -4.32. The van der Waals surface area contributed by atoms with Gasteiger partial charge in [0, 0.05) is 48.5 Å². The second-order valence-corrected chi connectivity index (χ2v) is 12.7. The van der Waals surface area contributed by atoms with E-state index in [1.165, 1.54) is 0 Å². The summed E-state index contributed by atoms with van der Waals surface area (Å²) in [6, 6.07) is 37.4. The lowest BCUT2D eigenvalue weighted by molar-refractivity contribution is 0.100. The van der Waals surface area contributed by atoms with E-state index in [4.69, 9.17) is 0 Å². The van der Waals surface area contributed by atoms with Gasteiger partial charge in [-0.3, -0.25) is 14.4 Å². The fraction of sp³-hybridized carbons (Fsp3) is 0.0571. The molecule has 0 aliphatic heterocycles. The van der Waals surface area contributed by atoms with Crippen molar-refractivity contribution in [2.45, 2.75) is 28.5 Å². The van der Waals surface area contributed by atoms with E-state index in [2.05, 4.69) is 18.2 Å². The highest BCUT2D eigenvalue weighted by Crippen LogP contribution is 2.39. The minimum absolute atomic E-state index is 0.00822. The van der Waals surface area contributed by atoms with E-state index in [1.54, 1.807) is 25.2 Å². The van der Waals surface area contributed by atoms with Crippen LogP contribution in [0.25, 0.3) is 20.2 Å². The molecule has 1 aromatic heterocycles. The van der Waals surface area contributed by atoms with Crippen molar-refractivity contribution >= 4 is 59.8 Å². The van der Waals surface area contributed by atoms with Crippen molar-refractivity contribution in [3.8, 4) is 0 Å². The zero-order chi connectivity index (χ0) is 27.8. The van der Waals surface area contributed by atoms with Gasteiger partial charge in [-0.2, -0.15) is 0 Å². The molecule has 0 unspecified atom stereocenters. The van der Waals surface area contributed by atoms with Crippen LogP contribution in [0.15, 0.2) is 130 Å². The number of benzene rings is 5. The topological polar surface area (TPSA) is 51.2 Å². The van der Waals surface area contributed by atoms with E-state index in [0.29, 0.717) is 22.3 Å². The molecule has 5 aromatic carbocycles. The lowest BCUT2D eigenvalue weighted by Crippen LogP contribution is -2.06. The third-order valence-electron chi connectivity index (χ3n) is 6.97. The first-order valence-corrected chi connectivity index (χ1v) is 15.0. The summed E-state index contributed by atoms with van der Waals surface area (Å²) in [4.78, 5) is 40.3. The zero-order valence-electron chi connectivity index (χ0n) is 22.0. The van der Waals surface area contributed by atoms with E-state index in [-0.39, 0.29) is 17.3 Å². The van der Waals surface area contributed by atoms with Crippen LogP contribution in [0.4, 0.5) is 0 Å². The predicted molar refractivity (Wildman–Crippen MR) is 164 cm³/mol. The summed E-state index contributed by atoms with van der Waals surface area (Å²) in [7, 11) is -0.469. The molecule has 5 heteroatoms. The smallest absolute Gasteiger partial charge is 0.193 e. The maximum atomic E-state index is 13.2. The molecule has 6 aromatic rings. The van der Waals surface area contributed by atoms with E-state index in [9.17, 15) is 14.4 Å². The van der Waals surface area contributed by atoms with Crippen molar-refractivity contribution in [3.63, 3.8) is 0 Å². The third-order valence-corrected chi connectivity index (χ3v) is 10.3. The van der Waals surface area contributed by atoms with Gasteiger partial charge in [-0.25, -0.2) is 0 Å². The van der Waals surface area contributed by atoms with Crippen molar-refractivity contribution < 1.29 is 14.4 Å². The lowest BCUT2D eigenvalue weighted by Gasteiger charge is -2.09. The highest BCUT2D eigenvalue weighted by Gasteiger charge is 2.30. The first-order chi connectivity index (χ1) is 19.4. The molecule has 0 amide bonds. The van der Waals surface area contributed by atoms with Crippen molar-refractivity contribution in [1.29, 1.82) is 0 Å². The van der Waals surface area contributed by atoms with E-state index < -0.39 is 10.9 Å². The minimum Gasteiger partial charge on any atom is -0.295 e. The SMILES string of the molecule is CC(=O)c1ccc([S+](c2ccc(C(C)=O)cc2)c2ccc3sc4ccc(C(=O)c5ccccc5)cc4c3c2)cc1. The highest BCUT2D eigenvalue weighted by molar-refractivity contribution is 7.97. The molecule has 0 radical (unpaired) electrons. The molecule has 0 fully saturated rings. The number of carbonyl (C=O) groups is 3. The summed E-state index contributed by atoms with van der Waals surface area (Å²) < 4.78 is 2.29. The van der Waals surface area contributed by atoms with E-state index in [0.717, 1.165) is 34.9 Å². The molecule has 0 aliphatic carbocycles. The number of hydrogen-bond donors (Lipinski definition) is 0. The minimum atomic E-state index is -0.469. The maximum Gasteiger partial charge on any atom is 0.193 e. The van der Waals surface area contributed by atoms with Gasteiger partial charge in [-0.15, -0.1) is 11.3 Å². The molecule has 0 saturated heterocycles. The van der Waals surface area contributed by atoms with Crippen molar-refractivity contribution in [2.24, 2.45) is 0 Å². The highest BCUT2D eigenvalue weighted by atomic mass is 32.2. The molecule has 0 aliphatic rings. The number of Topliss-reactive ketones (excluding diaryl/α,β-unsaturated/α-hetero) is 2. The van der Waals surface area contributed by atoms with Crippen LogP contribution in [0.2, 0.25) is 0 Å². The Balaban J connectivity index is 1.49. The van der Waals surface area contributed by atoms with Gasteiger partial charge < -0.3 is 0 Å². The second-order valence-electron chi connectivity index (χ2n) is 9.63. The van der Waals surface area contributed by atoms with Crippen LogP contribution >= 0.6 is 11.3 Å². The van der Waals surface area contributed by atoms with Crippen LogP contribution in [0.1, 0.15) is 50.5 Å². The normalized spacial score (nSPS) is 11.3. The number of rotatable bonds is 7. The van der Waals surface area contributed by atoms with Gasteiger partial charge in [0.15, 0.2) is 32.0 Å². The van der Waals surface area contributed by atoms with Gasteiger partial charge in [0.1, 0.15) is 0 Å². The monoisotopic (exact) mass is 557 g/mol. The van der Waals surface area contributed by atoms with Gasteiger partial charge in [-0.1, -0.05) is 30.3 Å². The Kier molecular flexibility index (Phi) is 6.93. The lowest BCUT2D eigenvalue weighted by atomic mass is 10.0. The van der Waals surface area contributed by atoms with Gasteiger partial charge in [-0.05, 0) is 92.7 Å². The zero-order valence-corrected chi connectivity index (χ0v) is 23.6. The molecule has 194 valence electrons. The molecule has 40 heavy (non-hydrogen) atoms. The van der Waals surface area contributed by atoms with Gasteiger partial charge in [0.05, 0.1) is 10.9 Å². The molecule has 0 N–H and O–H groups in total. The standard InChI is InChI=1S/C35H25O3S2/c1-22(36)24-8-13-28(14-9-24)40(29-15-10-25(11-16-29)23(2)37)30-17-19-34-32(21-30)31-20-27(12-18-33(31)39-34)35(38)26-6-4-3-5-7-26/h3-21H,1-2H3/q+1. The fourth-order valence-electron chi connectivity index (χ4n) is 4.84. The fourth-order valence-corrected chi connectivity index (χ4v) is 7.98. The summed E-state index contributed by atoms with van der Waals surface area (Å²) in [5.74, 6) is 0.0717. The summed E-state index contributed by atoms with van der Waals surface area (Å²) in [6.45, 7) is 3.14. The second kappa shape index (κ2) is 10.7. The van der Waals surface area contributed by atoms with Crippen molar-refractivity contribution in [1.82, 2.24) is 0 Å². The largest absolute Gasteiger partial charge is 0.295 e. The summed E-state index contributed by atoms with van der Waals surface area (Å²) in [5.41, 5.74) is 2.69. The van der Waals surface area contributed by atoms with Crippen molar-refractivity contribution in [3.05, 3.63) is 138 Å². The van der Waals surface area contributed by atoms with Crippen LogP contribution in [0, 0.1) is 0 Å². The first kappa shape index (κ1) is 25.9. The Bertz CT molecular complexity index is 1840. The van der Waals surface area contributed by atoms with Gasteiger partial charge in [0.25, 0.3) is 0 Å². The Morgan fingerprint density at radius 3 is 1.52 bits per heavy atom. The number of thiophene rings is 1. The molecule has 1 heterocycles. The molecule has 0 atom stereocenters. The predicted octanol–water partition coefficient (Wildman–Crippen LogP) is 8.79. The Labute approximate surface area is 239 Å². The van der Waals surface area contributed by atoms with Crippen LogP contribution in [0.3, 0.4) is 0 Å². The van der Waals surface area contributed by atoms with E-state index in [1.807, 2.05) is 97.1 Å². The molecule has 0 saturated carbocycles. The van der Waals surface area contributed by atoms with Crippen molar-refractivity contribution in [2.75, 3.05) is 0 Å². The summed E-state index contributed by atoms with van der Waals surface area (Å²) in [5, 5.41) is 2.17. The first-order valence-electron chi connectivity index (χ1n) is 12.9. The summed E-state index contributed by atoms with van der Waals surface area (Å²) >= 11 is 1.72. The molecule has 6 rings (SSSR count).